The van der Waals surface area contributed by atoms with Crippen LogP contribution >= 0.6 is 0 Å². The second-order valence-electron chi connectivity index (χ2n) is 5.87. The molecule has 1 aromatic heterocycles. The van der Waals surface area contributed by atoms with Crippen LogP contribution in [0.2, 0.25) is 0 Å². The molecule has 0 aliphatic rings. The molecule has 0 fully saturated rings. The lowest BCUT2D eigenvalue weighted by atomic mass is 10.1. The van der Waals surface area contributed by atoms with Gasteiger partial charge in [-0.3, -0.25) is 14.2 Å². The number of benzene rings is 2. The zero-order valence-corrected chi connectivity index (χ0v) is 14.5. The number of aromatic nitrogens is 2. The van der Waals surface area contributed by atoms with Crippen molar-refractivity contribution in [2.24, 2.45) is 0 Å². The topological polar surface area (TPSA) is 73.2 Å². The number of alkyl halides is 2. The first kappa shape index (κ1) is 18.5. The largest absolute Gasteiger partial charge is 0.456 e. The summed E-state index contributed by atoms with van der Waals surface area (Å²) in [5.41, 5.74) is 2.06. The molecule has 3 rings (SSSR count). The molecule has 0 saturated heterocycles. The number of para-hydroxylation sites is 2. The van der Waals surface area contributed by atoms with E-state index < -0.39 is 25.0 Å². The van der Waals surface area contributed by atoms with Crippen LogP contribution in [0.4, 0.5) is 8.78 Å². The average molecular weight is 373 g/mol. The average Bonchev–Trinajstić information content (AvgIpc) is 3.03. The maximum absolute atomic E-state index is 13.3. The molecule has 140 valence electrons. The molecular formula is C19H17F2N3O3. The van der Waals surface area contributed by atoms with Crippen molar-refractivity contribution in [1.29, 1.82) is 0 Å². The molecule has 0 aliphatic heterocycles. The normalized spacial score (nSPS) is 11.0. The van der Waals surface area contributed by atoms with E-state index in [0.29, 0.717) is 15.6 Å². The first-order chi connectivity index (χ1) is 13.0. The van der Waals surface area contributed by atoms with Gasteiger partial charge < -0.3 is 10.1 Å². The number of nitrogens with one attached hydrogen (secondary N) is 1. The summed E-state index contributed by atoms with van der Waals surface area (Å²) >= 11 is 0. The minimum absolute atomic E-state index is 0.0654. The van der Waals surface area contributed by atoms with Crippen molar-refractivity contribution in [2.75, 3.05) is 6.54 Å². The number of carbonyl (C=O) groups is 2. The minimum Gasteiger partial charge on any atom is -0.456 e. The fourth-order valence-electron chi connectivity index (χ4n) is 2.57. The van der Waals surface area contributed by atoms with E-state index in [1.54, 1.807) is 42.5 Å². The van der Waals surface area contributed by atoms with E-state index >= 15 is 0 Å². The zero-order valence-electron chi connectivity index (χ0n) is 14.5. The van der Waals surface area contributed by atoms with Crippen LogP contribution in [0.15, 0.2) is 48.5 Å². The summed E-state index contributed by atoms with van der Waals surface area (Å²) in [7, 11) is 0. The first-order valence-electron chi connectivity index (χ1n) is 8.20. The number of esters is 1. The summed E-state index contributed by atoms with van der Waals surface area (Å²) in [6, 6.07) is 13.3. The lowest BCUT2D eigenvalue weighted by Gasteiger charge is -2.09. The Kier molecular flexibility index (Phi) is 5.44. The Bertz CT molecular complexity index is 968. The number of nitrogens with zero attached hydrogens (tertiary/aromatic N) is 2. The minimum atomic E-state index is -2.81. The van der Waals surface area contributed by atoms with E-state index in [2.05, 4.69) is 10.3 Å². The number of hydrogen-bond donors (Lipinski definition) is 1. The highest BCUT2D eigenvalue weighted by Crippen LogP contribution is 2.23. The lowest BCUT2D eigenvalue weighted by Crippen LogP contribution is -2.30. The van der Waals surface area contributed by atoms with Gasteiger partial charge in [-0.05, 0) is 31.2 Å². The molecule has 2 aromatic carbocycles. The molecule has 8 heteroatoms. The van der Waals surface area contributed by atoms with Gasteiger partial charge >= 0.3 is 12.5 Å². The number of fused-ring (bicyclic) bond motifs is 1. The number of aryl methyl sites for hydroxylation is 1. The number of ether oxygens (including phenoxy) is 1. The molecule has 0 radical (unpaired) electrons. The molecular weight excluding hydrogens is 356 g/mol. The van der Waals surface area contributed by atoms with E-state index in [0.717, 1.165) is 5.56 Å². The van der Waals surface area contributed by atoms with Crippen LogP contribution in [0, 0.1) is 6.92 Å². The van der Waals surface area contributed by atoms with E-state index in [1.807, 2.05) is 6.92 Å². The molecule has 1 amide bonds. The fraction of sp³-hybridized carbons (Fsp3) is 0.211. The number of rotatable bonds is 6. The highest BCUT2D eigenvalue weighted by Gasteiger charge is 2.18. The smallest absolute Gasteiger partial charge is 0.325 e. The zero-order chi connectivity index (χ0) is 19.4. The Morgan fingerprint density at radius 3 is 2.56 bits per heavy atom. The fourth-order valence-corrected chi connectivity index (χ4v) is 2.57. The second kappa shape index (κ2) is 7.94. The predicted octanol–water partition coefficient (Wildman–Crippen LogP) is 3.21. The number of hydrogen-bond acceptors (Lipinski definition) is 4. The maximum Gasteiger partial charge on any atom is 0.325 e. The Hall–Kier alpha value is -3.29. The van der Waals surface area contributed by atoms with Crippen LogP contribution < -0.4 is 5.32 Å². The second-order valence-corrected chi connectivity index (χ2v) is 5.87. The van der Waals surface area contributed by atoms with Gasteiger partial charge in [-0.2, -0.15) is 8.78 Å². The van der Waals surface area contributed by atoms with Crippen molar-refractivity contribution < 1.29 is 23.1 Å². The van der Waals surface area contributed by atoms with Gasteiger partial charge in [0.15, 0.2) is 5.82 Å². The molecule has 27 heavy (non-hydrogen) atoms. The monoisotopic (exact) mass is 373 g/mol. The number of halogens is 2. The Morgan fingerprint density at radius 1 is 1.15 bits per heavy atom. The molecule has 3 aromatic rings. The van der Waals surface area contributed by atoms with Crippen LogP contribution in [0.3, 0.4) is 0 Å². The van der Waals surface area contributed by atoms with Crippen molar-refractivity contribution in [3.8, 4) is 0 Å². The molecule has 0 unspecified atom stereocenters. The summed E-state index contributed by atoms with van der Waals surface area (Å²) in [5.74, 6) is -1.24. The van der Waals surface area contributed by atoms with Gasteiger partial charge in [-0.15, -0.1) is 0 Å². The van der Waals surface area contributed by atoms with Gasteiger partial charge in [0.05, 0.1) is 11.0 Å². The molecule has 0 aliphatic carbocycles. The van der Waals surface area contributed by atoms with Crippen molar-refractivity contribution in [3.63, 3.8) is 0 Å². The van der Waals surface area contributed by atoms with Crippen LogP contribution in [0.1, 0.15) is 28.3 Å². The summed E-state index contributed by atoms with van der Waals surface area (Å²) < 4.78 is 32.3. The summed E-state index contributed by atoms with van der Waals surface area (Å²) in [5, 5.41) is 2.43. The highest BCUT2D eigenvalue weighted by molar-refractivity contribution is 5.95. The number of amides is 1. The predicted molar refractivity (Wildman–Crippen MR) is 94.3 cm³/mol. The molecule has 0 bridgehead atoms. The molecule has 1 N–H and O–H groups in total. The standard InChI is InChI=1S/C19H17F2N3O3/c1-12-6-8-13(9-7-12)18(26)22-10-17(25)27-11-16-23-14-4-2-3-5-15(14)24(16)19(20)21/h2-9,19H,10-11H2,1H3,(H,22,26). The molecule has 0 saturated carbocycles. The van der Waals surface area contributed by atoms with E-state index in [-0.39, 0.29) is 17.9 Å². The van der Waals surface area contributed by atoms with Crippen LogP contribution in [-0.4, -0.2) is 28.0 Å². The maximum atomic E-state index is 13.3. The molecule has 1 heterocycles. The number of carbonyl (C=O) groups excluding carboxylic acids is 2. The van der Waals surface area contributed by atoms with Crippen molar-refractivity contribution in [1.82, 2.24) is 14.9 Å². The number of imidazole rings is 1. The Balaban J connectivity index is 1.59. The molecule has 0 atom stereocenters. The van der Waals surface area contributed by atoms with E-state index in [9.17, 15) is 18.4 Å². The first-order valence-corrected chi connectivity index (χ1v) is 8.20. The molecule has 0 spiro atoms. The summed E-state index contributed by atoms with van der Waals surface area (Å²) in [6.07, 6.45) is 0. The van der Waals surface area contributed by atoms with Gasteiger partial charge in [0.1, 0.15) is 13.2 Å². The Labute approximate surface area is 153 Å². The van der Waals surface area contributed by atoms with Crippen molar-refractivity contribution in [3.05, 3.63) is 65.5 Å². The quantitative estimate of drug-likeness (QED) is 0.674. The van der Waals surface area contributed by atoms with Crippen molar-refractivity contribution >= 4 is 22.9 Å². The SMILES string of the molecule is Cc1ccc(C(=O)NCC(=O)OCc2nc3ccccc3n2C(F)F)cc1. The third kappa shape index (κ3) is 4.28. The molecule has 6 nitrogen and oxygen atoms in total. The highest BCUT2D eigenvalue weighted by atomic mass is 19.3. The Morgan fingerprint density at radius 2 is 1.85 bits per heavy atom. The van der Waals surface area contributed by atoms with Gasteiger partial charge in [0.25, 0.3) is 5.91 Å². The van der Waals surface area contributed by atoms with Gasteiger partial charge in [0.2, 0.25) is 0 Å². The third-order valence-electron chi connectivity index (χ3n) is 3.93. The van der Waals surface area contributed by atoms with Crippen molar-refractivity contribution in [2.45, 2.75) is 20.1 Å². The summed E-state index contributed by atoms with van der Waals surface area (Å²) in [4.78, 5) is 27.9. The van der Waals surface area contributed by atoms with Gasteiger partial charge in [-0.25, -0.2) is 4.98 Å². The van der Waals surface area contributed by atoms with Crippen LogP contribution in [0.5, 0.6) is 0 Å². The third-order valence-corrected chi connectivity index (χ3v) is 3.93. The summed E-state index contributed by atoms with van der Waals surface area (Å²) in [6.45, 7) is -1.71. The van der Waals surface area contributed by atoms with E-state index in [4.69, 9.17) is 4.74 Å². The van der Waals surface area contributed by atoms with Gasteiger partial charge in [0, 0.05) is 5.56 Å². The van der Waals surface area contributed by atoms with Crippen LogP contribution in [0.25, 0.3) is 11.0 Å². The lowest BCUT2D eigenvalue weighted by molar-refractivity contribution is -0.144. The van der Waals surface area contributed by atoms with E-state index in [1.165, 1.54) is 6.07 Å². The van der Waals surface area contributed by atoms with Crippen LogP contribution in [-0.2, 0) is 16.1 Å². The van der Waals surface area contributed by atoms with Gasteiger partial charge in [-0.1, -0.05) is 29.8 Å².